The highest BCUT2D eigenvalue weighted by Gasteiger charge is 2.13. The first-order chi connectivity index (χ1) is 9.49. The zero-order chi connectivity index (χ0) is 14.7. The topological polar surface area (TPSA) is 29.5 Å². The van der Waals surface area contributed by atoms with Gasteiger partial charge in [-0.2, -0.15) is 0 Å². The summed E-state index contributed by atoms with van der Waals surface area (Å²) in [6.07, 6.45) is -0.712. The van der Waals surface area contributed by atoms with Gasteiger partial charge in [0.1, 0.15) is 24.0 Å². The average Bonchev–Trinajstić information content (AvgIpc) is 2.37. The van der Waals surface area contributed by atoms with Crippen LogP contribution >= 0.6 is 0 Å². The SMILES string of the molecule is Cc1ccc([C@@H](C)O)c(OCc2c(F)cccc2F)c1. The molecule has 0 unspecified atom stereocenters. The molecule has 0 aliphatic heterocycles. The molecule has 2 rings (SSSR count). The minimum absolute atomic E-state index is 0.120. The van der Waals surface area contributed by atoms with E-state index in [4.69, 9.17) is 4.74 Å². The highest BCUT2D eigenvalue weighted by atomic mass is 19.1. The van der Waals surface area contributed by atoms with Crippen molar-refractivity contribution in [2.75, 3.05) is 0 Å². The molecule has 0 heterocycles. The summed E-state index contributed by atoms with van der Waals surface area (Å²) in [5, 5.41) is 9.67. The van der Waals surface area contributed by atoms with Gasteiger partial charge in [-0.1, -0.05) is 18.2 Å². The zero-order valence-electron chi connectivity index (χ0n) is 11.4. The molecule has 0 radical (unpaired) electrons. The van der Waals surface area contributed by atoms with Crippen molar-refractivity contribution in [1.82, 2.24) is 0 Å². The fourth-order valence-corrected chi connectivity index (χ4v) is 1.93. The van der Waals surface area contributed by atoms with Gasteiger partial charge in [0.2, 0.25) is 0 Å². The van der Waals surface area contributed by atoms with E-state index in [0.29, 0.717) is 11.3 Å². The molecule has 0 aliphatic carbocycles. The van der Waals surface area contributed by atoms with Gasteiger partial charge >= 0.3 is 0 Å². The first-order valence-corrected chi connectivity index (χ1v) is 6.33. The quantitative estimate of drug-likeness (QED) is 0.919. The van der Waals surface area contributed by atoms with Gasteiger partial charge in [0, 0.05) is 5.56 Å². The molecule has 106 valence electrons. The molecule has 20 heavy (non-hydrogen) atoms. The van der Waals surface area contributed by atoms with Crippen LogP contribution < -0.4 is 4.74 Å². The molecule has 0 saturated carbocycles. The van der Waals surface area contributed by atoms with E-state index in [1.165, 1.54) is 18.2 Å². The molecule has 0 spiro atoms. The Morgan fingerprint density at radius 2 is 1.80 bits per heavy atom. The van der Waals surface area contributed by atoms with Gasteiger partial charge in [-0.15, -0.1) is 0 Å². The molecular formula is C16H16F2O2. The van der Waals surface area contributed by atoms with Crippen molar-refractivity contribution in [3.8, 4) is 5.75 Å². The van der Waals surface area contributed by atoms with Crippen molar-refractivity contribution in [2.45, 2.75) is 26.6 Å². The summed E-state index contributed by atoms with van der Waals surface area (Å²) in [7, 11) is 0. The monoisotopic (exact) mass is 278 g/mol. The third kappa shape index (κ3) is 3.14. The normalized spacial score (nSPS) is 12.2. The largest absolute Gasteiger partial charge is 0.488 e. The zero-order valence-corrected chi connectivity index (χ0v) is 11.4. The third-order valence-corrected chi connectivity index (χ3v) is 3.05. The number of hydrogen-bond acceptors (Lipinski definition) is 2. The molecule has 2 aromatic carbocycles. The highest BCUT2D eigenvalue weighted by molar-refractivity contribution is 5.38. The molecule has 4 heteroatoms. The Labute approximate surface area is 116 Å². The number of ether oxygens (including phenoxy) is 1. The van der Waals surface area contributed by atoms with E-state index in [1.54, 1.807) is 19.1 Å². The van der Waals surface area contributed by atoms with Crippen LogP contribution in [-0.2, 0) is 6.61 Å². The first-order valence-electron chi connectivity index (χ1n) is 6.33. The van der Waals surface area contributed by atoms with Crippen molar-refractivity contribution in [1.29, 1.82) is 0 Å². The number of aliphatic hydroxyl groups is 1. The molecule has 0 aliphatic rings. The minimum atomic E-state index is -0.712. The van der Waals surface area contributed by atoms with Crippen molar-refractivity contribution in [3.63, 3.8) is 0 Å². The predicted octanol–water partition coefficient (Wildman–Crippen LogP) is 3.91. The van der Waals surface area contributed by atoms with E-state index < -0.39 is 17.7 Å². The van der Waals surface area contributed by atoms with Crippen LogP contribution in [0.15, 0.2) is 36.4 Å². The molecule has 0 fully saturated rings. The molecular weight excluding hydrogens is 262 g/mol. The van der Waals surface area contributed by atoms with Crippen LogP contribution in [0.2, 0.25) is 0 Å². The highest BCUT2D eigenvalue weighted by Crippen LogP contribution is 2.27. The van der Waals surface area contributed by atoms with Gasteiger partial charge < -0.3 is 9.84 Å². The second kappa shape index (κ2) is 6.01. The van der Waals surface area contributed by atoms with E-state index in [9.17, 15) is 13.9 Å². The standard InChI is InChI=1S/C16H16F2O2/c1-10-6-7-12(11(2)19)16(8-10)20-9-13-14(17)4-3-5-15(13)18/h3-8,11,19H,9H2,1-2H3/t11-/m1/s1. The predicted molar refractivity (Wildman–Crippen MR) is 72.5 cm³/mol. The number of benzene rings is 2. The molecule has 0 saturated heterocycles. The maximum Gasteiger partial charge on any atom is 0.132 e. The van der Waals surface area contributed by atoms with Crippen LogP contribution in [0.1, 0.15) is 29.7 Å². The summed E-state index contributed by atoms with van der Waals surface area (Å²) >= 11 is 0. The Bertz CT molecular complexity index is 589. The maximum absolute atomic E-state index is 13.5. The van der Waals surface area contributed by atoms with Gasteiger partial charge in [0.15, 0.2) is 0 Å². The van der Waals surface area contributed by atoms with Gasteiger partial charge in [0.25, 0.3) is 0 Å². The van der Waals surface area contributed by atoms with Gasteiger partial charge in [-0.3, -0.25) is 0 Å². The molecule has 1 N–H and O–H groups in total. The molecule has 1 atom stereocenters. The summed E-state index contributed by atoms with van der Waals surface area (Å²) < 4.78 is 32.5. The Hall–Kier alpha value is -1.94. The Morgan fingerprint density at radius 1 is 1.15 bits per heavy atom. The summed E-state index contributed by atoms with van der Waals surface area (Å²) in [5.74, 6) is -0.852. The lowest BCUT2D eigenvalue weighted by molar-refractivity contribution is 0.189. The van der Waals surface area contributed by atoms with Crippen molar-refractivity contribution >= 4 is 0 Å². The second-order valence-electron chi connectivity index (χ2n) is 4.71. The van der Waals surface area contributed by atoms with Gasteiger partial charge in [-0.25, -0.2) is 8.78 Å². The number of halogens is 2. The molecule has 0 bridgehead atoms. The van der Waals surface area contributed by atoms with Crippen molar-refractivity contribution in [3.05, 3.63) is 64.7 Å². The van der Waals surface area contributed by atoms with Crippen LogP contribution in [0.25, 0.3) is 0 Å². The average molecular weight is 278 g/mol. The summed E-state index contributed by atoms with van der Waals surface area (Å²) in [5.41, 5.74) is 1.41. The summed E-state index contributed by atoms with van der Waals surface area (Å²) in [4.78, 5) is 0. The maximum atomic E-state index is 13.5. The van der Waals surface area contributed by atoms with E-state index in [1.807, 2.05) is 13.0 Å². The minimum Gasteiger partial charge on any atom is -0.488 e. The number of hydrogen-bond donors (Lipinski definition) is 1. The smallest absolute Gasteiger partial charge is 0.132 e. The Balaban J connectivity index is 2.25. The summed E-state index contributed by atoms with van der Waals surface area (Å²) in [6.45, 7) is 3.27. The van der Waals surface area contributed by atoms with Crippen LogP contribution in [0.5, 0.6) is 5.75 Å². The molecule has 2 aromatic rings. The van der Waals surface area contributed by atoms with E-state index in [2.05, 4.69) is 0 Å². The fourth-order valence-electron chi connectivity index (χ4n) is 1.93. The Kier molecular flexibility index (Phi) is 4.35. The lowest BCUT2D eigenvalue weighted by Crippen LogP contribution is -2.05. The Morgan fingerprint density at radius 3 is 2.40 bits per heavy atom. The fraction of sp³-hybridized carbons (Fsp3) is 0.250. The second-order valence-corrected chi connectivity index (χ2v) is 4.71. The van der Waals surface area contributed by atoms with Crippen molar-refractivity contribution in [2.24, 2.45) is 0 Å². The summed E-state index contributed by atoms with van der Waals surface area (Å²) in [6, 6.07) is 9.01. The van der Waals surface area contributed by atoms with Gasteiger partial charge in [-0.05, 0) is 37.6 Å². The molecule has 0 amide bonds. The van der Waals surface area contributed by atoms with E-state index in [-0.39, 0.29) is 12.2 Å². The van der Waals surface area contributed by atoms with Gasteiger partial charge in [0.05, 0.1) is 11.7 Å². The molecule has 0 aromatic heterocycles. The van der Waals surface area contributed by atoms with Crippen LogP contribution in [0, 0.1) is 18.6 Å². The van der Waals surface area contributed by atoms with E-state index in [0.717, 1.165) is 5.56 Å². The first kappa shape index (κ1) is 14.5. The number of rotatable bonds is 4. The van der Waals surface area contributed by atoms with Crippen LogP contribution in [0.4, 0.5) is 8.78 Å². The van der Waals surface area contributed by atoms with Crippen molar-refractivity contribution < 1.29 is 18.6 Å². The number of aliphatic hydroxyl groups excluding tert-OH is 1. The van der Waals surface area contributed by atoms with E-state index >= 15 is 0 Å². The van der Waals surface area contributed by atoms with Crippen LogP contribution in [-0.4, -0.2) is 5.11 Å². The van der Waals surface area contributed by atoms with Crippen LogP contribution in [0.3, 0.4) is 0 Å². The lowest BCUT2D eigenvalue weighted by Gasteiger charge is -2.15. The number of aryl methyl sites for hydroxylation is 1. The molecule has 2 nitrogen and oxygen atoms in total. The third-order valence-electron chi connectivity index (χ3n) is 3.05. The lowest BCUT2D eigenvalue weighted by atomic mass is 10.1.